The minimum absolute atomic E-state index is 0.602. The molecule has 0 bridgehead atoms. The second-order valence-corrected chi connectivity index (χ2v) is 4.93. The molecular formula is C12H17N3OS. The minimum atomic E-state index is 0.602. The molecule has 17 heavy (non-hydrogen) atoms. The van der Waals surface area contributed by atoms with Crippen LogP contribution in [0.1, 0.15) is 36.0 Å². The van der Waals surface area contributed by atoms with Gasteiger partial charge in [0.15, 0.2) is 11.4 Å². The van der Waals surface area contributed by atoms with Crippen molar-refractivity contribution >= 4 is 23.9 Å². The minimum Gasteiger partial charge on any atom is -0.356 e. The summed E-state index contributed by atoms with van der Waals surface area (Å²) in [5.41, 5.74) is 0.602. The van der Waals surface area contributed by atoms with Gasteiger partial charge in [0.2, 0.25) is 0 Å². The summed E-state index contributed by atoms with van der Waals surface area (Å²) in [5, 5.41) is 0.731. The van der Waals surface area contributed by atoms with E-state index in [9.17, 15) is 4.79 Å². The summed E-state index contributed by atoms with van der Waals surface area (Å²) >= 11 is 1.51. The lowest BCUT2D eigenvalue weighted by Gasteiger charge is -2.22. The van der Waals surface area contributed by atoms with E-state index in [2.05, 4.69) is 14.9 Å². The number of rotatable bonds is 3. The van der Waals surface area contributed by atoms with Gasteiger partial charge in [-0.1, -0.05) is 24.6 Å². The van der Waals surface area contributed by atoms with Gasteiger partial charge in [-0.25, -0.2) is 9.97 Å². The van der Waals surface area contributed by atoms with Crippen molar-refractivity contribution in [2.75, 3.05) is 24.2 Å². The van der Waals surface area contributed by atoms with Crippen LogP contribution in [-0.2, 0) is 0 Å². The van der Waals surface area contributed by atoms with Gasteiger partial charge in [-0.2, -0.15) is 0 Å². The molecule has 1 aromatic heterocycles. The van der Waals surface area contributed by atoms with Gasteiger partial charge in [-0.3, -0.25) is 4.79 Å². The quantitative estimate of drug-likeness (QED) is 0.469. The first-order chi connectivity index (χ1) is 8.35. The monoisotopic (exact) mass is 251 g/mol. The van der Waals surface area contributed by atoms with E-state index in [1.54, 1.807) is 6.20 Å². The summed E-state index contributed by atoms with van der Waals surface area (Å²) < 4.78 is 0. The van der Waals surface area contributed by atoms with E-state index in [1.165, 1.54) is 37.4 Å². The Morgan fingerprint density at radius 3 is 2.59 bits per heavy atom. The van der Waals surface area contributed by atoms with E-state index < -0.39 is 0 Å². The molecule has 0 N–H and O–H groups in total. The molecule has 2 rings (SSSR count). The zero-order valence-corrected chi connectivity index (χ0v) is 10.9. The van der Waals surface area contributed by atoms with Crippen LogP contribution in [0.25, 0.3) is 0 Å². The van der Waals surface area contributed by atoms with Gasteiger partial charge < -0.3 is 4.90 Å². The van der Waals surface area contributed by atoms with Gasteiger partial charge in [0.25, 0.3) is 0 Å². The molecule has 1 aliphatic heterocycles. The average Bonchev–Trinajstić information content (AvgIpc) is 2.66. The Balaban J connectivity index is 2.29. The number of aldehydes is 1. The van der Waals surface area contributed by atoms with E-state index in [0.29, 0.717) is 5.56 Å². The van der Waals surface area contributed by atoms with Crippen LogP contribution in [0.5, 0.6) is 0 Å². The summed E-state index contributed by atoms with van der Waals surface area (Å²) in [6.07, 6.45) is 9.33. The molecule has 2 heterocycles. The zero-order valence-electron chi connectivity index (χ0n) is 10.1. The Kier molecular flexibility index (Phi) is 4.36. The van der Waals surface area contributed by atoms with Crippen molar-refractivity contribution in [2.24, 2.45) is 0 Å². The molecule has 1 aromatic rings. The predicted octanol–water partition coefficient (Wildman–Crippen LogP) is 2.39. The molecule has 0 aromatic carbocycles. The normalized spacial score (nSPS) is 16.6. The van der Waals surface area contributed by atoms with Crippen molar-refractivity contribution < 1.29 is 4.79 Å². The van der Waals surface area contributed by atoms with Gasteiger partial charge >= 0.3 is 0 Å². The molecule has 0 atom stereocenters. The summed E-state index contributed by atoms with van der Waals surface area (Å²) in [7, 11) is 0. The summed E-state index contributed by atoms with van der Waals surface area (Å²) in [6.45, 7) is 1.98. The Hall–Kier alpha value is -1.10. The molecule has 1 aliphatic rings. The lowest BCUT2D eigenvalue weighted by Crippen LogP contribution is -2.26. The fraction of sp³-hybridized carbons (Fsp3) is 0.583. The maximum absolute atomic E-state index is 11.0. The number of thioether (sulfide) groups is 1. The van der Waals surface area contributed by atoms with Crippen LogP contribution in [0, 0.1) is 0 Å². The van der Waals surface area contributed by atoms with Crippen molar-refractivity contribution in [2.45, 2.75) is 30.8 Å². The van der Waals surface area contributed by atoms with Crippen molar-refractivity contribution in [3.8, 4) is 0 Å². The van der Waals surface area contributed by atoms with Crippen LogP contribution < -0.4 is 4.90 Å². The lowest BCUT2D eigenvalue weighted by molar-refractivity contribution is 0.112. The Morgan fingerprint density at radius 2 is 2.00 bits per heavy atom. The molecule has 0 unspecified atom stereocenters. The smallest absolute Gasteiger partial charge is 0.189 e. The van der Waals surface area contributed by atoms with Gasteiger partial charge in [-0.15, -0.1) is 0 Å². The van der Waals surface area contributed by atoms with Crippen molar-refractivity contribution in [3.63, 3.8) is 0 Å². The Labute approximate surface area is 106 Å². The number of nitrogens with zero attached hydrogens (tertiary/aromatic N) is 3. The standard InChI is InChI=1S/C12H17N3OS/c1-17-12-13-8-10(9-16)11(14-12)15-6-4-2-3-5-7-15/h8-9H,2-7H2,1H3. The van der Waals surface area contributed by atoms with E-state index >= 15 is 0 Å². The number of carbonyl (C=O) groups excluding carboxylic acids is 1. The topological polar surface area (TPSA) is 46.1 Å². The maximum atomic E-state index is 11.0. The molecule has 0 spiro atoms. The van der Waals surface area contributed by atoms with Gasteiger partial charge in [0, 0.05) is 19.3 Å². The van der Waals surface area contributed by atoms with Gasteiger partial charge in [0.1, 0.15) is 5.82 Å². The molecule has 1 saturated heterocycles. The van der Waals surface area contributed by atoms with Crippen molar-refractivity contribution in [3.05, 3.63) is 11.8 Å². The first kappa shape index (κ1) is 12.4. The molecule has 0 aliphatic carbocycles. The second kappa shape index (κ2) is 6.00. The zero-order chi connectivity index (χ0) is 12.1. The molecule has 5 heteroatoms. The first-order valence-electron chi connectivity index (χ1n) is 5.96. The highest BCUT2D eigenvalue weighted by Crippen LogP contribution is 2.22. The molecule has 0 saturated carbocycles. The van der Waals surface area contributed by atoms with Crippen LogP contribution in [0.15, 0.2) is 11.4 Å². The SMILES string of the molecule is CSc1ncc(C=O)c(N2CCCCCC2)n1. The van der Waals surface area contributed by atoms with Crippen LogP contribution in [0.2, 0.25) is 0 Å². The third-order valence-electron chi connectivity index (χ3n) is 2.99. The number of hydrogen-bond donors (Lipinski definition) is 0. The molecule has 0 radical (unpaired) electrons. The van der Waals surface area contributed by atoms with Crippen molar-refractivity contribution in [1.29, 1.82) is 0 Å². The highest BCUT2D eigenvalue weighted by molar-refractivity contribution is 7.98. The first-order valence-corrected chi connectivity index (χ1v) is 7.19. The van der Waals surface area contributed by atoms with Crippen LogP contribution in [0.3, 0.4) is 0 Å². The highest BCUT2D eigenvalue weighted by atomic mass is 32.2. The molecule has 0 amide bonds. The average molecular weight is 251 g/mol. The van der Waals surface area contributed by atoms with Gasteiger partial charge in [0.05, 0.1) is 5.56 Å². The Bertz CT molecular complexity index is 389. The Morgan fingerprint density at radius 1 is 1.29 bits per heavy atom. The van der Waals surface area contributed by atoms with Crippen molar-refractivity contribution in [1.82, 2.24) is 9.97 Å². The van der Waals surface area contributed by atoms with E-state index in [4.69, 9.17) is 0 Å². The fourth-order valence-corrected chi connectivity index (χ4v) is 2.42. The van der Waals surface area contributed by atoms with Crippen LogP contribution in [-0.4, -0.2) is 35.6 Å². The summed E-state index contributed by atoms with van der Waals surface area (Å²) in [5.74, 6) is 0.807. The number of anilines is 1. The molecular weight excluding hydrogens is 234 g/mol. The summed E-state index contributed by atoms with van der Waals surface area (Å²) in [6, 6.07) is 0. The van der Waals surface area contributed by atoms with Crippen LogP contribution >= 0.6 is 11.8 Å². The summed E-state index contributed by atoms with van der Waals surface area (Å²) in [4.78, 5) is 21.9. The van der Waals surface area contributed by atoms with E-state index in [-0.39, 0.29) is 0 Å². The van der Waals surface area contributed by atoms with E-state index in [1.807, 2.05) is 6.26 Å². The molecule has 92 valence electrons. The maximum Gasteiger partial charge on any atom is 0.189 e. The number of aromatic nitrogens is 2. The van der Waals surface area contributed by atoms with E-state index in [0.717, 1.165) is 30.3 Å². The lowest BCUT2D eigenvalue weighted by atomic mass is 10.2. The third kappa shape index (κ3) is 2.97. The molecule has 4 nitrogen and oxygen atoms in total. The highest BCUT2D eigenvalue weighted by Gasteiger charge is 2.15. The fourth-order valence-electron chi connectivity index (χ4n) is 2.08. The third-order valence-corrected chi connectivity index (χ3v) is 3.55. The largest absolute Gasteiger partial charge is 0.356 e. The van der Waals surface area contributed by atoms with Crippen LogP contribution in [0.4, 0.5) is 5.82 Å². The molecule has 1 fully saturated rings. The second-order valence-electron chi connectivity index (χ2n) is 4.15. The number of hydrogen-bond acceptors (Lipinski definition) is 5. The van der Waals surface area contributed by atoms with Gasteiger partial charge in [-0.05, 0) is 19.1 Å². The predicted molar refractivity (Wildman–Crippen MR) is 69.9 cm³/mol. The number of carbonyl (C=O) groups is 1.